The number of thiazole rings is 1. The number of fused-ring (bicyclic) bond motifs is 1. The van der Waals surface area contributed by atoms with Gasteiger partial charge in [0, 0.05) is 11.1 Å². The molecule has 1 unspecified atom stereocenters. The zero-order valence-electron chi connectivity index (χ0n) is 17.6. The van der Waals surface area contributed by atoms with Gasteiger partial charge in [0.2, 0.25) is 0 Å². The van der Waals surface area contributed by atoms with E-state index in [-0.39, 0.29) is 23.4 Å². The van der Waals surface area contributed by atoms with Crippen LogP contribution in [-0.4, -0.2) is 22.1 Å². The number of carbonyl (C=O) groups is 1. The minimum Gasteiger partial charge on any atom is -0.463 e. The molecular weight excluding hydrogens is 466 g/mol. The Morgan fingerprint density at radius 2 is 1.97 bits per heavy atom. The summed E-state index contributed by atoms with van der Waals surface area (Å²) >= 11 is 7.09. The Morgan fingerprint density at radius 1 is 1.27 bits per heavy atom. The summed E-state index contributed by atoms with van der Waals surface area (Å²) in [5, 5.41) is 12.3. The maximum atomic E-state index is 13.5. The molecule has 1 aliphatic heterocycles. The van der Waals surface area contributed by atoms with E-state index in [1.54, 1.807) is 50.3 Å². The van der Waals surface area contributed by atoms with Crippen LogP contribution in [0.25, 0.3) is 6.08 Å². The molecule has 0 bridgehead atoms. The van der Waals surface area contributed by atoms with Crippen LogP contribution in [0.3, 0.4) is 0 Å². The molecule has 0 saturated heterocycles. The van der Waals surface area contributed by atoms with Crippen molar-refractivity contribution < 1.29 is 14.5 Å². The minimum atomic E-state index is -1.05. The van der Waals surface area contributed by atoms with E-state index in [1.807, 2.05) is 0 Å². The highest BCUT2D eigenvalue weighted by molar-refractivity contribution is 7.07. The van der Waals surface area contributed by atoms with E-state index in [0.29, 0.717) is 20.1 Å². The van der Waals surface area contributed by atoms with E-state index < -0.39 is 22.5 Å². The lowest BCUT2D eigenvalue weighted by Crippen LogP contribution is -2.40. The van der Waals surface area contributed by atoms with Crippen LogP contribution in [0.4, 0.5) is 5.69 Å². The maximum absolute atomic E-state index is 13.5. The molecule has 10 heteroatoms. The number of nitrogens with zero attached hydrogens (tertiary/aromatic N) is 3. The van der Waals surface area contributed by atoms with Crippen LogP contribution in [0.2, 0.25) is 5.02 Å². The van der Waals surface area contributed by atoms with Crippen LogP contribution >= 0.6 is 22.9 Å². The van der Waals surface area contributed by atoms with Gasteiger partial charge in [-0.2, -0.15) is 0 Å². The van der Waals surface area contributed by atoms with Gasteiger partial charge in [-0.25, -0.2) is 9.79 Å². The summed E-state index contributed by atoms with van der Waals surface area (Å²) in [6.45, 7) is 3.40. The van der Waals surface area contributed by atoms with Crippen molar-refractivity contribution in [3.63, 3.8) is 0 Å². The number of para-hydroxylation sites is 1. The summed E-state index contributed by atoms with van der Waals surface area (Å²) in [6, 6.07) is 12.0. The smallest absolute Gasteiger partial charge is 0.338 e. The molecule has 3 aromatic rings. The molecule has 168 valence electrons. The SMILES string of the molecule is CCOC(=O)C1=C(C)N=c2sc(=Cc3ccc(Cl)cc3)c(=O)n2C1c1ccccc1[N+](=O)[O-]. The molecule has 0 spiro atoms. The zero-order chi connectivity index (χ0) is 23.7. The fourth-order valence-corrected chi connectivity index (χ4v) is 4.85. The Labute approximate surface area is 196 Å². The van der Waals surface area contributed by atoms with Crippen LogP contribution in [0.1, 0.15) is 31.0 Å². The lowest BCUT2D eigenvalue weighted by Gasteiger charge is -2.24. The molecule has 2 heterocycles. The van der Waals surface area contributed by atoms with E-state index in [1.165, 1.54) is 22.8 Å². The van der Waals surface area contributed by atoms with Gasteiger partial charge in [0.05, 0.1) is 32.9 Å². The molecule has 0 amide bonds. The number of carbonyl (C=O) groups excluding carboxylic acids is 1. The summed E-state index contributed by atoms with van der Waals surface area (Å²) < 4.78 is 6.91. The average molecular weight is 484 g/mol. The van der Waals surface area contributed by atoms with Crippen LogP contribution in [0.5, 0.6) is 0 Å². The first kappa shape index (κ1) is 22.6. The number of nitro groups is 1. The maximum Gasteiger partial charge on any atom is 0.338 e. The standard InChI is InChI=1S/C23H18ClN3O5S/c1-3-32-22(29)19-13(2)25-23-26(20(19)16-6-4-5-7-17(16)27(30)31)21(28)18(33-23)12-14-8-10-15(24)11-9-14/h4-12,20H,3H2,1-2H3. The second-order valence-electron chi connectivity index (χ2n) is 7.17. The highest BCUT2D eigenvalue weighted by atomic mass is 35.5. The molecule has 0 saturated carbocycles. The summed E-state index contributed by atoms with van der Waals surface area (Å²) in [5.41, 5.74) is 0.789. The average Bonchev–Trinajstić information content (AvgIpc) is 3.09. The van der Waals surface area contributed by atoms with E-state index in [2.05, 4.69) is 4.99 Å². The normalized spacial score (nSPS) is 15.7. The largest absolute Gasteiger partial charge is 0.463 e. The monoisotopic (exact) mass is 483 g/mol. The number of aromatic nitrogens is 1. The third-order valence-electron chi connectivity index (χ3n) is 5.11. The van der Waals surface area contributed by atoms with Gasteiger partial charge in [0.1, 0.15) is 6.04 Å². The highest BCUT2D eigenvalue weighted by Crippen LogP contribution is 2.35. The number of benzene rings is 2. The first-order valence-corrected chi connectivity index (χ1v) is 11.2. The second kappa shape index (κ2) is 9.13. The summed E-state index contributed by atoms with van der Waals surface area (Å²) in [7, 11) is 0. The number of halogens is 1. The fraction of sp³-hybridized carbons (Fsp3) is 0.174. The van der Waals surface area contributed by atoms with Gasteiger partial charge in [-0.15, -0.1) is 0 Å². The molecule has 4 rings (SSSR count). The van der Waals surface area contributed by atoms with Crippen molar-refractivity contribution in [1.29, 1.82) is 0 Å². The number of hydrogen-bond donors (Lipinski definition) is 0. The predicted octanol–water partition coefficient (Wildman–Crippen LogP) is 3.36. The van der Waals surface area contributed by atoms with E-state index >= 15 is 0 Å². The summed E-state index contributed by atoms with van der Waals surface area (Å²) in [4.78, 5) is 42.4. The second-order valence-corrected chi connectivity index (χ2v) is 8.62. The third-order valence-corrected chi connectivity index (χ3v) is 6.35. The lowest BCUT2D eigenvalue weighted by atomic mass is 9.94. The molecule has 0 aliphatic carbocycles. The zero-order valence-corrected chi connectivity index (χ0v) is 19.2. The van der Waals surface area contributed by atoms with E-state index in [0.717, 1.165) is 16.9 Å². The topological polar surface area (TPSA) is 104 Å². The van der Waals surface area contributed by atoms with Gasteiger partial charge < -0.3 is 4.74 Å². The van der Waals surface area contributed by atoms with Gasteiger partial charge in [-0.05, 0) is 43.7 Å². The van der Waals surface area contributed by atoms with Gasteiger partial charge in [-0.3, -0.25) is 19.5 Å². The van der Waals surface area contributed by atoms with Gasteiger partial charge in [-0.1, -0.05) is 47.2 Å². The summed E-state index contributed by atoms with van der Waals surface area (Å²) in [6.07, 6.45) is 1.69. The molecule has 0 radical (unpaired) electrons. The van der Waals surface area contributed by atoms with Crippen LogP contribution < -0.4 is 14.9 Å². The minimum absolute atomic E-state index is 0.0941. The molecule has 0 N–H and O–H groups in total. The van der Waals surface area contributed by atoms with Crippen molar-refractivity contribution in [2.24, 2.45) is 4.99 Å². The molecule has 33 heavy (non-hydrogen) atoms. The quantitative estimate of drug-likeness (QED) is 0.314. The number of esters is 1. The van der Waals surface area contributed by atoms with Crippen molar-refractivity contribution in [1.82, 2.24) is 4.57 Å². The molecule has 8 nitrogen and oxygen atoms in total. The van der Waals surface area contributed by atoms with Crippen molar-refractivity contribution in [3.05, 3.63) is 106 Å². The molecule has 0 fully saturated rings. The van der Waals surface area contributed by atoms with Crippen molar-refractivity contribution >= 4 is 40.7 Å². The lowest BCUT2D eigenvalue weighted by molar-refractivity contribution is -0.385. The molecule has 1 atom stereocenters. The Hall–Kier alpha value is -3.56. The Balaban J connectivity index is 2.01. The van der Waals surface area contributed by atoms with Gasteiger partial charge in [0.15, 0.2) is 4.80 Å². The third kappa shape index (κ3) is 4.24. The van der Waals surface area contributed by atoms with Crippen LogP contribution in [0.15, 0.2) is 69.6 Å². The van der Waals surface area contributed by atoms with Crippen molar-refractivity contribution in [3.8, 4) is 0 Å². The van der Waals surface area contributed by atoms with Crippen molar-refractivity contribution in [2.75, 3.05) is 6.61 Å². The fourth-order valence-electron chi connectivity index (χ4n) is 3.68. The Kier molecular flexibility index (Phi) is 6.26. The van der Waals surface area contributed by atoms with Gasteiger partial charge in [0.25, 0.3) is 11.2 Å². The highest BCUT2D eigenvalue weighted by Gasteiger charge is 2.36. The van der Waals surface area contributed by atoms with E-state index in [9.17, 15) is 19.7 Å². The van der Waals surface area contributed by atoms with E-state index in [4.69, 9.17) is 16.3 Å². The van der Waals surface area contributed by atoms with Crippen molar-refractivity contribution in [2.45, 2.75) is 19.9 Å². The van der Waals surface area contributed by atoms with Gasteiger partial charge >= 0.3 is 5.97 Å². The predicted molar refractivity (Wildman–Crippen MR) is 125 cm³/mol. The molecular formula is C23H18ClN3O5S. The van der Waals surface area contributed by atoms with Crippen LogP contribution in [-0.2, 0) is 9.53 Å². The first-order valence-electron chi connectivity index (χ1n) is 10.0. The molecule has 1 aromatic heterocycles. The molecule has 1 aliphatic rings. The number of allylic oxidation sites excluding steroid dienone is 1. The molecule has 2 aromatic carbocycles. The Morgan fingerprint density at radius 3 is 2.64 bits per heavy atom. The summed E-state index contributed by atoms with van der Waals surface area (Å²) in [5.74, 6) is -0.672. The van der Waals surface area contributed by atoms with Crippen LogP contribution in [0, 0.1) is 10.1 Å². The number of hydrogen-bond acceptors (Lipinski definition) is 7. The number of nitro benzene ring substituents is 1. The Bertz CT molecular complexity index is 1470. The number of rotatable bonds is 5. The number of ether oxygens (including phenoxy) is 1. The first-order chi connectivity index (χ1) is 15.8.